The van der Waals surface area contributed by atoms with Crippen LogP contribution in [0.3, 0.4) is 0 Å². The Kier molecular flexibility index (Phi) is 4.74. The van der Waals surface area contributed by atoms with Crippen LogP contribution in [0.4, 0.5) is 4.79 Å². The highest BCUT2D eigenvalue weighted by molar-refractivity contribution is 5.87. The number of carbonyl (C=O) groups excluding carboxylic acids is 2. The normalized spacial score (nSPS) is 16.4. The van der Waals surface area contributed by atoms with Crippen molar-refractivity contribution in [3.05, 3.63) is 0 Å². The molecule has 1 fully saturated rings. The molecule has 3 amide bonds. The molecule has 0 aromatic carbocycles. The quantitative estimate of drug-likeness (QED) is 0.567. The van der Waals surface area contributed by atoms with E-state index in [2.05, 4.69) is 16.0 Å². The third kappa shape index (κ3) is 5.58. The van der Waals surface area contributed by atoms with Crippen LogP contribution in [-0.4, -0.2) is 41.6 Å². The summed E-state index contributed by atoms with van der Waals surface area (Å²) < 4.78 is 0. The minimum absolute atomic E-state index is 0.154. The third-order valence-corrected chi connectivity index (χ3v) is 2.74. The average Bonchev–Trinajstić information content (AvgIpc) is 3.04. The van der Waals surface area contributed by atoms with E-state index in [0.717, 1.165) is 12.8 Å². The lowest BCUT2D eigenvalue weighted by molar-refractivity contribution is -0.141. The average molecular weight is 271 g/mol. The van der Waals surface area contributed by atoms with Gasteiger partial charge in [-0.2, -0.15) is 0 Å². The first-order chi connectivity index (χ1) is 8.70. The fourth-order valence-corrected chi connectivity index (χ4v) is 1.50. The number of carboxylic acids is 1. The van der Waals surface area contributed by atoms with Crippen LogP contribution in [0.25, 0.3) is 0 Å². The molecule has 1 rings (SSSR count). The number of hydrogen-bond donors (Lipinski definition) is 4. The number of amides is 3. The lowest BCUT2D eigenvalue weighted by Gasteiger charge is -2.27. The first-order valence-corrected chi connectivity index (χ1v) is 6.26. The predicted molar refractivity (Wildman–Crippen MR) is 68.6 cm³/mol. The van der Waals surface area contributed by atoms with Gasteiger partial charge < -0.3 is 21.1 Å². The summed E-state index contributed by atoms with van der Waals surface area (Å²) in [6.07, 6.45) is 1.95. The molecule has 0 aromatic rings. The van der Waals surface area contributed by atoms with Crippen LogP contribution in [0.2, 0.25) is 0 Å². The number of aliphatic carboxylic acids is 1. The van der Waals surface area contributed by atoms with E-state index in [-0.39, 0.29) is 18.5 Å². The molecule has 1 aliphatic carbocycles. The second-order valence-corrected chi connectivity index (χ2v) is 5.81. The molecule has 0 spiro atoms. The molecule has 0 unspecified atom stereocenters. The first-order valence-electron chi connectivity index (χ1n) is 6.26. The van der Waals surface area contributed by atoms with E-state index in [4.69, 9.17) is 5.11 Å². The van der Waals surface area contributed by atoms with Gasteiger partial charge in [-0.25, -0.2) is 9.59 Å². The van der Waals surface area contributed by atoms with Crippen LogP contribution in [0.15, 0.2) is 0 Å². The smallest absolute Gasteiger partial charge is 0.326 e. The van der Waals surface area contributed by atoms with Gasteiger partial charge in [0.25, 0.3) is 0 Å². The Bertz CT molecular complexity index is 372. The molecule has 108 valence electrons. The van der Waals surface area contributed by atoms with Gasteiger partial charge in [-0.05, 0) is 18.3 Å². The summed E-state index contributed by atoms with van der Waals surface area (Å²) >= 11 is 0. The van der Waals surface area contributed by atoms with Crippen molar-refractivity contribution in [1.82, 2.24) is 16.0 Å². The zero-order valence-electron chi connectivity index (χ0n) is 11.4. The van der Waals surface area contributed by atoms with Gasteiger partial charge in [-0.3, -0.25) is 4.79 Å². The lowest BCUT2D eigenvalue weighted by atomic mass is 9.87. The molecule has 19 heavy (non-hydrogen) atoms. The lowest BCUT2D eigenvalue weighted by Crippen LogP contribution is -2.53. The van der Waals surface area contributed by atoms with Crippen molar-refractivity contribution < 1.29 is 19.5 Å². The first kappa shape index (κ1) is 15.3. The Morgan fingerprint density at radius 3 is 2.26 bits per heavy atom. The maximum Gasteiger partial charge on any atom is 0.326 e. The molecule has 7 nitrogen and oxygen atoms in total. The largest absolute Gasteiger partial charge is 0.480 e. The molecular formula is C12H21N3O4. The van der Waals surface area contributed by atoms with Crippen LogP contribution in [0.5, 0.6) is 0 Å². The Hall–Kier alpha value is -1.79. The van der Waals surface area contributed by atoms with Gasteiger partial charge >= 0.3 is 12.0 Å². The van der Waals surface area contributed by atoms with Gasteiger partial charge in [-0.1, -0.05) is 20.8 Å². The summed E-state index contributed by atoms with van der Waals surface area (Å²) in [5, 5.41) is 16.5. The summed E-state index contributed by atoms with van der Waals surface area (Å²) in [4.78, 5) is 33.9. The van der Waals surface area contributed by atoms with Crippen LogP contribution in [-0.2, 0) is 9.59 Å². The van der Waals surface area contributed by atoms with Gasteiger partial charge in [-0.15, -0.1) is 0 Å². The number of nitrogens with one attached hydrogen (secondary N) is 3. The number of carbonyl (C=O) groups is 3. The van der Waals surface area contributed by atoms with E-state index >= 15 is 0 Å². The van der Waals surface area contributed by atoms with Crippen molar-refractivity contribution >= 4 is 17.9 Å². The van der Waals surface area contributed by atoms with Gasteiger partial charge in [0.15, 0.2) is 0 Å². The minimum atomic E-state index is -1.11. The minimum Gasteiger partial charge on any atom is -0.480 e. The maximum absolute atomic E-state index is 11.5. The Labute approximate surface area is 112 Å². The Morgan fingerprint density at radius 2 is 1.84 bits per heavy atom. The van der Waals surface area contributed by atoms with Gasteiger partial charge in [0, 0.05) is 6.04 Å². The van der Waals surface area contributed by atoms with E-state index in [1.54, 1.807) is 20.8 Å². The Balaban J connectivity index is 2.35. The fourth-order valence-electron chi connectivity index (χ4n) is 1.50. The summed E-state index contributed by atoms with van der Waals surface area (Å²) in [6.45, 7) is 4.99. The second kappa shape index (κ2) is 5.90. The van der Waals surface area contributed by atoms with Gasteiger partial charge in [0.05, 0.1) is 6.54 Å². The number of hydrogen-bond acceptors (Lipinski definition) is 3. The molecule has 0 aliphatic heterocycles. The molecule has 1 saturated carbocycles. The van der Waals surface area contributed by atoms with Crippen LogP contribution in [0, 0.1) is 5.41 Å². The molecular weight excluding hydrogens is 250 g/mol. The fraction of sp³-hybridized carbons (Fsp3) is 0.750. The van der Waals surface area contributed by atoms with Crippen LogP contribution < -0.4 is 16.0 Å². The van der Waals surface area contributed by atoms with E-state index in [1.807, 2.05) is 0 Å². The SMILES string of the molecule is CC(C)(C)[C@@H](NC(=O)NCC(=O)NC1CC1)C(=O)O. The highest BCUT2D eigenvalue weighted by Crippen LogP contribution is 2.19. The summed E-state index contributed by atoms with van der Waals surface area (Å²) in [7, 11) is 0. The van der Waals surface area contributed by atoms with Gasteiger partial charge in [0.1, 0.15) is 6.04 Å². The maximum atomic E-state index is 11.5. The predicted octanol–water partition coefficient (Wildman–Crippen LogP) is 0.0635. The topological polar surface area (TPSA) is 108 Å². The van der Waals surface area contributed by atoms with Crippen molar-refractivity contribution in [1.29, 1.82) is 0 Å². The number of urea groups is 1. The monoisotopic (exact) mass is 271 g/mol. The molecule has 1 aliphatic rings. The van der Waals surface area contributed by atoms with E-state index in [9.17, 15) is 14.4 Å². The number of carboxylic acid groups (broad SMARTS) is 1. The molecule has 0 radical (unpaired) electrons. The van der Waals surface area contributed by atoms with Gasteiger partial charge in [0.2, 0.25) is 5.91 Å². The van der Waals surface area contributed by atoms with Crippen molar-refractivity contribution in [3.63, 3.8) is 0 Å². The molecule has 4 N–H and O–H groups in total. The third-order valence-electron chi connectivity index (χ3n) is 2.74. The van der Waals surface area contributed by atoms with Crippen LogP contribution >= 0.6 is 0 Å². The Morgan fingerprint density at radius 1 is 1.26 bits per heavy atom. The molecule has 0 aromatic heterocycles. The van der Waals surface area contributed by atoms with Crippen LogP contribution in [0.1, 0.15) is 33.6 Å². The van der Waals surface area contributed by atoms with E-state index < -0.39 is 23.5 Å². The standard InChI is InChI=1S/C12H21N3O4/c1-12(2,3)9(10(17)18)15-11(19)13-6-8(16)14-7-4-5-7/h7,9H,4-6H2,1-3H3,(H,14,16)(H,17,18)(H2,13,15,19)/t9-/m0/s1. The molecule has 0 heterocycles. The summed E-state index contributed by atoms with van der Waals surface area (Å²) in [5.41, 5.74) is -0.612. The highest BCUT2D eigenvalue weighted by atomic mass is 16.4. The van der Waals surface area contributed by atoms with Crippen molar-refractivity contribution in [2.75, 3.05) is 6.54 Å². The zero-order chi connectivity index (χ0) is 14.6. The molecule has 0 bridgehead atoms. The van der Waals surface area contributed by atoms with E-state index in [0.29, 0.717) is 0 Å². The second-order valence-electron chi connectivity index (χ2n) is 5.81. The summed E-state index contributed by atoms with van der Waals surface area (Å²) in [5.74, 6) is -1.37. The molecule has 1 atom stereocenters. The van der Waals surface area contributed by atoms with Crippen molar-refractivity contribution in [2.45, 2.75) is 45.7 Å². The van der Waals surface area contributed by atoms with Crippen molar-refractivity contribution in [3.8, 4) is 0 Å². The molecule has 0 saturated heterocycles. The number of rotatable bonds is 5. The zero-order valence-corrected chi connectivity index (χ0v) is 11.4. The summed E-state index contributed by atoms with van der Waals surface area (Å²) in [6, 6.07) is -1.44. The van der Waals surface area contributed by atoms with Crippen molar-refractivity contribution in [2.24, 2.45) is 5.41 Å². The highest BCUT2D eigenvalue weighted by Gasteiger charge is 2.32. The molecule has 7 heteroatoms. The van der Waals surface area contributed by atoms with E-state index in [1.165, 1.54) is 0 Å².